The average Bonchev–Trinajstić information content (AvgIpc) is 3.15. The van der Waals surface area contributed by atoms with Crippen molar-refractivity contribution in [2.24, 2.45) is 0 Å². The van der Waals surface area contributed by atoms with Crippen LogP contribution in [0, 0.1) is 24.1 Å². The number of nitrogens with two attached hydrogens (primary N) is 1. The van der Waals surface area contributed by atoms with Crippen LogP contribution in [0.3, 0.4) is 0 Å². The van der Waals surface area contributed by atoms with Crippen molar-refractivity contribution in [3.05, 3.63) is 58.9 Å². The molecule has 0 spiro atoms. The molecule has 25 heavy (non-hydrogen) atoms. The highest BCUT2D eigenvalue weighted by molar-refractivity contribution is 5.92. The van der Waals surface area contributed by atoms with E-state index in [9.17, 15) is 10.1 Å². The van der Waals surface area contributed by atoms with Gasteiger partial charge in [-0.1, -0.05) is 36.4 Å². The van der Waals surface area contributed by atoms with Crippen molar-refractivity contribution in [2.45, 2.75) is 26.2 Å². The van der Waals surface area contributed by atoms with Crippen LogP contribution in [0.4, 0.5) is 10.1 Å². The lowest BCUT2D eigenvalue weighted by molar-refractivity contribution is -0.130. The topological polar surface area (TPSA) is 76.1 Å². The van der Waals surface area contributed by atoms with Crippen LogP contribution < -0.4 is 10.5 Å². The molecule has 2 N–H and O–H groups in total. The van der Waals surface area contributed by atoms with Gasteiger partial charge in [-0.15, -0.1) is 0 Å². The lowest BCUT2D eigenvalue weighted by Crippen LogP contribution is -2.14. The van der Waals surface area contributed by atoms with Gasteiger partial charge in [0, 0.05) is 11.1 Å². The third-order valence-corrected chi connectivity index (χ3v) is 4.35. The number of nitriles is 1. The van der Waals surface area contributed by atoms with Crippen LogP contribution in [0.1, 0.15) is 30.4 Å². The predicted octanol–water partition coefficient (Wildman–Crippen LogP) is 4.27. The molecule has 1 aliphatic carbocycles. The summed E-state index contributed by atoms with van der Waals surface area (Å²) in [5, 5.41) is 9.43. The lowest BCUT2D eigenvalue weighted by atomic mass is 9.94. The third kappa shape index (κ3) is 2.99. The normalized spacial score (nSPS) is 13.2. The summed E-state index contributed by atoms with van der Waals surface area (Å²) in [5.41, 5.74) is 7.64. The molecule has 0 amide bonds. The van der Waals surface area contributed by atoms with Crippen molar-refractivity contribution >= 4 is 11.7 Å². The van der Waals surface area contributed by atoms with Crippen LogP contribution in [-0.2, 0) is 4.79 Å². The predicted molar refractivity (Wildman–Crippen MR) is 93.3 cm³/mol. The number of esters is 1. The van der Waals surface area contributed by atoms with Gasteiger partial charge in [-0.3, -0.25) is 0 Å². The van der Waals surface area contributed by atoms with Gasteiger partial charge in [0.15, 0.2) is 11.6 Å². The van der Waals surface area contributed by atoms with E-state index in [2.05, 4.69) is 0 Å². The van der Waals surface area contributed by atoms with E-state index in [-0.39, 0.29) is 22.6 Å². The Hall–Kier alpha value is -3.13. The van der Waals surface area contributed by atoms with Gasteiger partial charge in [-0.2, -0.15) is 5.26 Å². The van der Waals surface area contributed by atoms with Crippen molar-refractivity contribution < 1.29 is 13.9 Å². The van der Waals surface area contributed by atoms with Gasteiger partial charge in [0.25, 0.3) is 0 Å². The quantitative estimate of drug-likeness (QED) is 0.516. The summed E-state index contributed by atoms with van der Waals surface area (Å²) in [5.74, 6) is -1.72. The first-order chi connectivity index (χ1) is 12.0. The molecule has 0 fully saturated rings. The van der Waals surface area contributed by atoms with Gasteiger partial charge in [0.1, 0.15) is 6.07 Å². The van der Waals surface area contributed by atoms with Gasteiger partial charge in [0.2, 0.25) is 0 Å². The summed E-state index contributed by atoms with van der Waals surface area (Å²) in [6.45, 7) is 1.63. The van der Waals surface area contributed by atoms with Crippen LogP contribution in [0.5, 0.6) is 5.75 Å². The second kappa shape index (κ2) is 6.78. The number of nitrogen functional groups attached to an aromatic ring is 1. The number of hydrogen-bond acceptors (Lipinski definition) is 4. The lowest BCUT2D eigenvalue weighted by Gasteiger charge is -2.16. The van der Waals surface area contributed by atoms with Crippen LogP contribution in [0.25, 0.3) is 11.1 Å². The Morgan fingerprint density at radius 1 is 1.32 bits per heavy atom. The maximum Gasteiger partial charge on any atom is 0.339 e. The molecule has 4 nitrogen and oxygen atoms in total. The number of nitrogens with zero attached hydrogens (tertiary/aromatic N) is 1. The molecule has 126 valence electrons. The smallest absolute Gasteiger partial charge is 0.339 e. The molecule has 2 aromatic carbocycles. The minimum atomic E-state index is -0.729. The Kier molecular flexibility index (Phi) is 4.53. The van der Waals surface area contributed by atoms with E-state index in [0.717, 1.165) is 12.8 Å². The number of carbonyl (C=O) groups is 1. The molecule has 0 radical (unpaired) electrons. The molecule has 0 aliphatic heterocycles. The summed E-state index contributed by atoms with van der Waals surface area (Å²) in [7, 11) is 0. The number of carbonyl (C=O) groups excluding carboxylic acids is 1. The molecule has 1 aliphatic rings. The number of ether oxygens (including phenoxy) is 1. The van der Waals surface area contributed by atoms with E-state index in [1.165, 1.54) is 0 Å². The number of anilines is 1. The van der Waals surface area contributed by atoms with E-state index >= 15 is 4.39 Å². The average molecular weight is 336 g/mol. The van der Waals surface area contributed by atoms with Crippen molar-refractivity contribution in [3.63, 3.8) is 0 Å². The zero-order valence-electron chi connectivity index (χ0n) is 13.8. The SMILES string of the molecule is Cc1c(C#N)c(N)c(OC(=O)C2=CCCC2)c(F)c1-c1ccccc1. The van der Waals surface area contributed by atoms with Crippen molar-refractivity contribution in [3.8, 4) is 22.9 Å². The number of rotatable bonds is 3. The number of allylic oxidation sites excluding steroid dienone is 1. The highest BCUT2D eigenvalue weighted by Gasteiger charge is 2.26. The Bertz CT molecular complexity index is 912. The molecule has 0 saturated carbocycles. The fourth-order valence-electron chi connectivity index (χ4n) is 3.04. The Morgan fingerprint density at radius 3 is 2.64 bits per heavy atom. The van der Waals surface area contributed by atoms with E-state index < -0.39 is 11.8 Å². The largest absolute Gasteiger partial charge is 0.418 e. The molecular formula is C20H17FN2O2. The number of hydrogen-bond donors (Lipinski definition) is 1. The molecular weight excluding hydrogens is 319 g/mol. The van der Waals surface area contributed by atoms with Gasteiger partial charge in [-0.25, -0.2) is 9.18 Å². The van der Waals surface area contributed by atoms with Crippen molar-refractivity contribution in [1.82, 2.24) is 0 Å². The zero-order valence-corrected chi connectivity index (χ0v) is 13.8. The van der Waals surface area contributed by atoms with Crippen molar-refractivity contribution in [2.75, 3.05) is 5.73 Å². The zero-order chi connectivity index (χ0) is 18.0. The van der Waals surface area contributed by atoms with E-state index in [4.69, 9.17) is 10.5 Å². The highest BCUT2D eigenvalue weighted by atomic mass is 19.1. The Balaban J connectivity index is 2.15. The number of benzene rings is 2. The summed E-state index contributed by atoms with van der Waals surface area (Å²) in [4.78, 5) is 12.3. The summed E-state index contributed by atoms with van der Waals surface area (Å²) < 4.78 is 20.4. The van der Waals surface area contributed by atoms with Crippen LogP contribution in [-0.4, -0.2) is 5.97 Å². The molecule has 3 rings (SSSR count). The molecule has 0 atom stereocenters. The molecule has 0 bridgehead atoms. The van der Waals surface area contributed by atoms with Gasteiger partial charge in [-0.05, 0) is 37.3 Å². The molecule has 0 saturated heterocycles. The molecule has 0 heterocycles. The monoisotopic (exact) mass is 336 g/mol. The van der Waals surface area contributed by atoms with Gasteiger partial charge in [0.05, 0.1) is 11.3 Å². The van der Waals surface area contributed by atoms with Crippen LogP contribution in [0.2, 0.25) is 0 Å². The first kappa shape index (κ1) is 16.7. The van der Waals surface area contributed by atoms with Crippen LogP contribution >= 0.6 is 0 Å². The first-order valence-corrected chi connectivity index (χ1v) is 8.02. The summed E-state index contributed by atoms with van der Waals surface area (Å²) in [6, 6.07) is 10.8. The van der Waals surface area contributed by atoms with Gasteiger partial charge < -0.3 is 10.5 Å². The van der Waals surface area contributed by atoms with Crippen molar-refractivity contribution in [1.29, 1.82) is 5.26 Å². The maximum absolute atomic E-state index is 15.2. The van der Waals surface area contributed by atoms with Gasteiger partial charge >= 0.3 is 5.97 Å². The Morgan fingerprint density at radius 2 is 2.04 bits per heavy atom. The van der Waals surface area contributed by atoms with E-state index in [0.29, 0.717) is 23.1 Å². The van der Waals surface area contributed by atoms with Crippen LogP contribution in [0.15, 0.2) is 42.0 Å². The highest BCUT2D eigenvalue weighted by Crippen LogP contribution is 2.40. The molecule has 0 unspecified atom stereocenters. The maximum atomic E-state index is 15.2. The summed E-state index contributed by atoms with van der Waals surface area (Å²) in [6.07, 6.45) is 4.06. The molecule has 5 heteroatoms. The first-order valence-electron chi connectivity index (χ1n) is 8.02. The standard InChI is InChI=1S/C20H17FN2O2/c1-12-15(11-22)18(23)19(25-20(24)14-9-5-6-10-14)17(21)16(12)13-7-3-2-4-8-13/h2-4,7-9H,5-6,10,23H2,1H3. The number of halogens is 1. The third-order valence-electron chi connectivity index (χ3n) is 4.35. The fraction of sp³-hybridized carbons (Fsp3) is 0.200. The van der Waals surface area contributed by atoms with E-state index in [1.54, 1.807) is 37.3 Å². The molecule has 2 aromatic rings. The van der Waals surface area contributed by atoms with E-state index in [1.807, 2.05) is 12.1 Å². The molecule has 0 aromatic heterocycles. The Labute approximate surface area is 145 Å². The second-order valence-electron chi connectivity index (χ2n) is 5.92. The minimum Gasteiger partial charge on any atom is -0.418 e. The summed E-state index contributed by atoms with van der Waals surface area (Å²) >= 11 is 0. The second-order valence-corrected chi connectivity index (χ2v) is 5.92. The minimum absolute atomic E-state index is 0.114. The fourth-order valence-corrected chi connectivity index (χ4v) is 3.04.